The van der Waals surface area contributed by atoms with Crippen molar-refractivity contribution in [3.05, 3.63) is 68.7 Å². The Kier molecular flexibility index (Phi) is 5.13. The van der Waals surface area contributed by atoms with Gasteiger partial charge in [-0.05, 0) is 29.8 Å². The Morgan fingerprint density at radius 3 is 2.50 bits per heavy atom. The first-order valence-corrected chi connectivity index (χ1v) is 7.19. The van der Waals surface area contributed by atoms with Gasteiger partial charge in [0, 0.05) is 27.9 Å². The fourth-order valence-corrected chi connectivity index (χ4v) is 2.55. The van der Waals surface area contributed by atoms with E-state index in [9.17, 15) is 13.9 Å². The largest absolute Gasteiger partial charge is 0.392 e. The van der Waals surface area contributed by atoms with E-state index in [0.717, 1.165) is 0 Å². The van der Waals surface area contributed by atoms with Gasteiger partial charge in [0.25, 0.3) is 0 Å². The van der Waals surface area contributed by atoms with Gasteiger partial charge in [0.15, 0.2) is 0 Å². The maximum Gasteiger partial charge on any atom is 0.127 e. The molecule has 0 radical (unpaired) electrons. The summed E-state index contributed by atoms with van der Waals surface area (Å²) in [5.74, 6) is -0.870. The lowest BCUT2D eigenvalue weighted by Crippen LogP contribution is -2.16. The maximum absolute atomic E-state index is 13.7. The molecule has 2 aromatic rings. The lowest BCUT2D eigenvalue weighted by Gasteiger charge is -2.13. The Morgan fingerprint density at radius 1 is 1.10 bits per heavy atom. The summed E-state index contributed by atoms with van der Waals surface area (Å²) in [7, 11) is 0. The minimum atomic E-state index is -0.903. The smallest absolute Gasteiger partial charge is 0.127 e. The zero-order valence-electron chi connectivity index (χ0n) is 10.4. The van der Waals surface area contributed by atoms with Crippen LogP contribution < -0.4 is 0 Å². The van der Waals surface area contributed by atoms with E-state index in [0.29, 0.717) is 10.0 Å². The van der Waals surface area contributed by atoms with Gasteiger partial charge in [-0.3, -0.25) is 0 Å². The second-order valence-electron chi connectivity index (χ2n) is 4.50. The summed E-state index contributed by atoms with van der Waals surface area (Å²) in [5.41, 5.74) is 0.632. The lowest BCUT2D eigenvalue weighted by molar-refractivity contribution is 0.173. The van der Waals surface area contributed by atoms with Crippen molar-refractivity contribution < 1.29 is 13.9 Å². The van der Waals surface area contributed by atoms with Crippen molar-refractivity contribution in [1.82, 2.24) is 0 Å². The van der Waals surface area contributed by atoms with Crippen molar-refractivity contribution in [2.75, 3.05) is 0 Å². The van der Waals surface area contributed by atoms with E-state index in [4.69, 9.17) is 11.6 Å². The van der Waals surface area contributed by atoms with Gasteiger partial charge in [0.05, 0.1) is 6.10 Å². The van der Waals surface area contributed by atoms with E-state index in [-0.39, 0.29) is 23.4 Å². The molecule has 20 heavy (non-hydrogen) atoms. The molecule has 5 heteroatoms. The molecule has 0 amide bonds. The van der Waals surface area contributed by atoms with Gasteiger partial charge in [-0.15, -0.1) is 0 Å². The molecule has 0 heterocycles. The highest BCUT2D eigenvalue weighted by molar-refractivity contribution is 9.10. The van der Waals surface area contributed by atoms with E-state index in [1.807, 2.05) is 0 Å². The van der Waals surface area contributed by atoms with E-state index in [1.54, 1.807) is 18.2 Å². The summed E-state index contributed by atoms with van der Waals surface area (Å²) >= 11 is 9.06. The lowest BCUT2D eigenvalue weighted by atomic mass is 10.0. The van der Waals surface area contributed by atoms with E-state index >= 15 is 0 Å². The highest BCUT2D eigenvalue weighted by atomic mass is 79.9. The zero-order valence-corrected chi connectivity index (χ0v) is 12.8. The van der Waals surface area contributed by atoms with Crippen LogP contribution in [0.15, 0.2) is 40.9 Å². The van der Waals surface area contributed by atoms with Crippen LogP contribution in [-0.2, 0) is 12.8 Å². The van der Waals surface area contributed by atoms with Crippen molar-refractivity contribution in [2.24, 2.45) is 0 Å². The molecule has 1 unspecified atom stereocenters. The van der Waals surface area contributed by atoms with Crippen LogP contribution in [0, 0.1) is 11.6 Å². The topological polar surface area (TPSA) is 20.2 Å². The van der Waals surface area contributed by atoms with Crippen molar-refractivity contribution in [3.8, 4) is 0 Å². The van der Waals surface area contributed by atoms with Crippen LogP contribution in [0.1, 0.15) is 11.1 Å². The molecule has 0 saturated heterocycles. The third kappa shape index (κ3) is 3.78. The second-order valence-corrected chi connectivity index (χ2v) is 5.82. The van der Waals surface area contributed by atoms with Crippen LogP contribution in [0.5, 0.6) is 0 Å². The Labute approximate surface area is 129 Å². The van der Waals surface area contributed by atoms with E-state index in [2.05, 4.69) is 15.9 Å². The number of aliphatic hydroxyl groups is 1. The Morgan fingerprint density at radius 2 is 1.85 bits per heavy atom. The van der Waals surface area contributed by atoms with Gasteiger partial charge in [-0.25, -0.2) is 8.78 Å². The van der Waals surface area contributed by atoms with Crippen LogP contribution in [0.2, 0.25) is 5.02 Å². The molecule has 0 aromatic heterocycles. The number of aliphatic hydroxyl groups excluding tert-OH is 1. The van der Waals surface area contributed by atoms with Crippen molar-refractivity contribution in [2.45, 2.75) is 18.9 Å². The normalized spacial score (nSPS) is 12.4. The van der Waals surface area contributed by atoms with Crippen LogP contribution in [0.4, 0.5) is 8.78 Å². The predicted octanol–water partition coefficient (Wildman–Crippen LogP) is 4.53. The summed E-state index contributed by atoms with van der Waals surface area (Å²) in [6.45, 7) is 0. The molecule has 1 nitrogen and oxygen atoms in total. The third-order valence-corrected chi connectivity index (χ3v) is 3.82. The van der Waals surface area contributed by atoms with E-state index in [1.165, 1.54) is 18.2 Å². The number of hydrogen-bond acceptors (Lipinski definition) is 1. The summed E-state index contributed by atoms with van der Waals surface area (Å²) in [6, 6.07) is 8.97. The van der Waals surface area contributed by atoms with Crippen LogP contribution >= 0.6 is 27.5 Å². The summed E-state index contributed by atoms with van der Waals surface area (Å²) in [5, 5.41) is 10.3. The van der Waals surface area contributed by atoms with Gasteiger partial charge in [-0.1, -0.05) is 39.7 Å². The molecule has 1 atom stereocenters. The highest BCUT2D eigenvalue weighted by Crippen LogP contribution is 2.22. The molecule has 0 spiro atoms. The minimum absolute atomic E-state index is 0.0427. The molecule has 2 rings (SSSR count). The molecule has 0 saturated carbocycles. The Bertz CT molecular complexity index is 599. The van der Waals surface area contributed by atoms with Crippen molar-refractivity contribution in [3.63, 3.8) is 0 Å². The SMILES string of the molecule is OC(Cc1ccc(Br)cc1F)Cc1c(F)cccc1Cl. The standard InChI is InChI=1S/C15H12BrClF2O/c16-10-5-4-9(15(19)7-10)6-11(20)8-12-13(17)2-1-3-14(12)18/h1-5,7,11,20H,6,8H2. The van der Waals surface area contributed by atoms with Gasteiger partial charge in [0.1, 0.15) is 11.6 Å². The summed E-state index contributed by atoms with van der Waals surface area (Å²) in [4.78, 5) is 0. The van der Waals surface area contributed by atoms with Crippen LogP contribution in [-0.4, -0.2) is 11.2 Å². The molecule has 106 valence electrons. The third-order valence-electron chi connectivity index (χ3n) is 2.97. The van der Waals surface area contributed by atoms with Crippen LogP contribution in [0.3, 0.4) is 0 Å². The maximum atomic E-state index is 13.7. The number of hydrogen-bond donors (Lipinski definition) is 1. The molecule has 0 bridgehead atoms. The van der Waals surface area contributed by atoms with E-state index < -0.39 is 17.7 Å². The quantitative estimate of drug-likeness (QED) is 0.848. The fourth-order valence-electron chi connectivity index (χ4n) is 1.98. The summed E-state index contributed by atoms with van der Waals surface area (Å²) in [6.07, 6.45) is -0.759. The number of benzene rings is 2. The number of rotatable bonds is 4. The average Bonchev–Trinajstić information content (AvgIpc) is 2.37. The van der Waals surface area contributed by atoms with Gasteiger partial charge < -0.3 is 5.11 Å². The molecule has 0 aliphatic rings. The minimum Gasteiger partial charge on any atom is -0.392 e. The molecule has 2 aromatic carbocycles. The fraction of sp³-hybridized carbons (Fsp3) is 0.200. The first-order chi connectivity index (χ1) is 9.47. The predicted molar refractivity (Wildman–Crippen MR) is 78.9 cm³/mol. The molecular formula is C15H12BrClF2O. The molecule has 1 N–H and O–H groups in total. The number of halogens is 4. The first kappa shape index (κ1) is 15.4. The Hall–Kier alpha value is -0.970. The molecule has 0 fully saturated rings. The second kappa shape index (κ2) is 6.66. The molecule has 0 aliphatic carbocycles. The van der Waals surface area contributed by atoms with Gasteiger partial charge in [0.2, 0.25) is 0 Å². The van der Waals surface area contributed by atoms with Crippen molar-refractivity contribution in [1.29, 1.82) is 0 Å². The van der Waals surface area contributed by atoms with Crippen molar-refractivity contribution >= 4 is 27.5 Å². The molecule has 0 aliphatic heterocycles. The Balaban J connectivity index is 2.11. The monoisotopic (exact) mass is 360 g/mol. The molecular weight excluding hydrogens is 350 g/mol. The average molecular weight is 362 g/mol. The van der Waals surface area contributed by atoms with Gasteiger partial charge >= 0.3 is 0 Å². The van der Waals surface area contributed by atoms with Crippen LogP contribution in [0.25, 0.3) is 0 Å². The summed E-state index contributed by atoms with van der Waals surface area (Å²) < 4.78 is 27.9. The first-order valence-electron chi connectivity index (χ1n) is 6.02. The highest BCUT2D eigenvalue weighted by Gasteiger charge is 2.15. The zero-order chi connectivity index (χ0) is 14.7. The van der Waals surface area contributed by atoms with Gasteiger partial charge in [-0.2, -0.15) is 0 Å².